The number of carbonyl (C=O) groups excluding carboxylic acids is 8. The van der Waals surface area contributed by atoms with Crippen LogP contribution in [0.2, 0.25) is 0 Å². The summed E-state index contributed by atoms with van der Waals surface area (Å²) in [6.45, 7) is 13.3. The second kappa shape index (κ2) is 21.2. The molecule has 0 unspecified atom stereocenters. The molecule has 20 heteroatoms. The fraction of sp³-hybridized carbons (Fsp3) is 0.526. The van der Waals surface area contributed by atoms with E-state index in [1.54, 1.807) is 0 Å². The van der Waals surface area contributed by atoms with Crippen molar-refractivity contribution in [2.45, 2.75) is 103 Å². The van der Waals surface area contributed by atoms with Crippen LogP contribution in [0.25, 0.3) is 0 Å². The van der Waals surface area contributed by atoms with E-state index in [0.717, 1.165) is 51.3 Å². The average Bonchev–Trinajstić information content (AvgIpc) is 3.14. The van der Waals surface area contributed by atoms with Gasteiger partial charge in [-0.2, -0.15) is 0 Å². The third-order valence-electron chi connectivity index (χ3n) is 8.33. The van der Waals surface area contributed by atoms with Gasteiger partial charge in [0.2, 0.25) is 0 Å². The van der Waals surface area contributed by atoms with Gasteiger partial charge in [-0.15, -0.1) is 13.2 Å². The van der Waals surface area contributed by atoms with Crippen molar-refractivity contribution in [3.8, 4) is 0 Å². The Morgan fingerprint density at radius 1 is 0.500 bits per heavy atom. The number of anilines is 2. The number of benzene rings is 1. The zero-order chi connectivity index (χ0) is 43.4. The minimum atomic E-state index is -1.66. The summed E-state index contributed by atoms with van der Waals surface area (Å²) in [5.41, 5.74) is 0.469. The second-order valence-electron chi connectivity index (χ2n) is 12.8. The molecule has 1 aromatic rings. The minimum absolute atomic E-state index is 0.134. The molecule has 2 heterocycles. The maximum Gasteiger partial charge on any atom is 0.303 e. The van der Waals surface area contributed by atoms with Crippen molar-refractivity contribution in [3.63, 3.8) is 0 Å². The Labute approximate surface area is 334 Å². The van der Waals surface area contributed by atoms with Gasteiger partial charge in [0.25, 0.3) is 11.8 Å². The van der Waals surface area contributed by atoms with Crippen LogP contribution in [0.4, 0.5) is 11.4 Å². The molecule has 0 spiro atoms. The van der Waals surface area contributed by atoms with E-state index in [1.165, 1.54) is 50.5 Å². The number of carbonyl (C=O) groups is 8. The van der Waals surface area contributed by atoms with Crippen molar-refractivity contribution >= 4 is 59.0 Å². The predicted molar refractivity (Wildman–Crippen MR) is 196 cm³/mol. The van der Waals surface area contributed by atoms with Gasteiger partial charge in [0.05, 0.1) is 13.2 Å². The number of likely N-dealkylation sites (N-methyl/N-ethyl adjacent to an activating group) is 2. The normalized spacial score (nSPS) is 26.4. The van der Waals surface area contributed by atoms with Crippen LogP contribution in [0.3, 0.4) is 0 Å². The Bertz CT molecular complexity index is 1590. The molecule has 2 fully saturated rings. The molecule has 2 saturated heterocycles. The highest BCUT2D eigenvalue weighted by Gasteiger charge is 2.57. The van der Waals surface area contributed by atoms with E-state index in [2.05, 4.69) is 13.2 Å². The largest absolute Gasteiger partial charge is 0.455 e. The summed E-state index contributed by atoms with van der Waals surface area (Å²) in [6.07, 6.45) is -12.8. The molecule has 3 rings (SSSR count). The lowest BCUT2D eigenvalue weighted by atomic mass is 9.96. The molecule has 10 atom stereocenters. The molecule has 318 valence electrons. The molecule has 2 amide bonds. The van der Waals surface area contributed by atoms with Gasteiger partial charge in [-0.25, -0.2) is 0 Å². The van der Waals surface area contributed by atoms with Gasteiger partial charge < -0.3 is 57.2 Å². The van der Waals surface area contributed by atoms with E-state index in [0.29, 0.717) is 0 Å². The SMILES string of the molecule is C=CCO[C@H]1O[C@H](C(=O)N(C)c2ccc(N(C)C(=O)[C@H]3O[C@H](OCC=C)[C@H](OC(C)=O)[C@@H](OC(C)=O)[C@@H]3OC(C)=O)cc2)[C@@H](OC(C)=O)[C@H](OC(C)=O)[C@H]1OC(C)=O. The summed E-state index contributed by atoms with van der Waals surface area (Å²) in [4.78, 5) is 103. The number of rotatable bonds is 16. The van der Waals surface area contributed by atoms with Gasteiger partial charge in [-0.1, -0.05) is 12.2 Å². The van der Waals surface area contributed by atoms with Crippen molar-refractivity contribution in [1.82, 2.24) is 0 Å². The fourth-order valence-electron chi connectivity index (χ4n) is 6.08. The minimum Gasteiger partial charge on any atom is -0.455 e. The van der Waals surface area contributed by atoms with E-state index in [-0.39, 0.29) is 24.6 Å². The third kappa shape index (κ3) is 12.2. The Balaban J connectivity index is 1.97. The lowest BCUT2D eigenvalue weighted by Crippen LogP contribution is -2.65. The molecule has 0 radical (unpaired) electrons. The number of hydrogen-bond acceptors (Lipinski definition) is 18. The fourth-order valence-corrected chi connectivity index (χ4v) is 6.08. The molecule has 1 aromatic carbocycles. The number of esters is 6. The Kier molecular flexibility index (Phi) is 17.0. The molecule has 2 aliphatic heterocycles. The first-order valence-corrected chi connectivity index (χ1v) is 17.8. The summed E-state index contributed by atoms with van der Waals surface area (Å²) in [5, 5.41) is 0. The first-order valence-electron chi connectivity index (χ1n) is 17.8. The maximum atomic E-state index is 14.1. The highest BCUT2D eigenvalue weighted by molar-refractivity contribution is 5.99. The molecule has 0 N–H and O–H groups in total. The summed E-state index contributed by atoms with van der Waals surface area (Å²) in [6, 6.07) is 5.82. The van der Waals surface area contributed by atoms with Crippen molar-refractivity contribution in [2.75, 3.05) is 37.1 Å². The standard InChI is InChI=1S/C38H48N2O18/c1-11-17-49-37-33(55-23(7)45)29(53-21(5)43)27(51-19(3)41)31(57-37)35(47)39(9)25-13-15-26(16-14-25)40(10)36(48)32-28(52-20(4)42)30(54-22(6)44)34(56-24(8)46)38(58-32)50-18-12-2/h11-16,27-34,37-38H,1-2,17-18H2,3-10H3/t27-,28-,29-,30-,31-,32-,33+,34+,37-,38-/m0/s1. The lowest BCUT2D eigenvalue weighted by molar-refractivity contribution is -0.295. The van der Waals surface area contributed by atoms with E-state index in [4.69, 9.17) is 47.4 Å². The molecule has 0 aliphatic carbocycles. The Morgan fingerprint density at radius 2 is 0.759 bits per heavy atom. The summed E-state index contributed by atoms with van der Waals surface area (Å²) in [7, 11) is 2.74. The van der Waals surface area contributed by atoms with Gasteiger partial charge in [0.1, 0.15) is 0 Å². The van der Waals surface area contributed by atoms with E-state index < -0.39 is 109 Å². The van der Waals surface area contributed by atoms with Crippen LogP contribution in [-0.4, -0.2) is 136 Å². The first-order chi connectivity index (χ1) is 27.3. The Hall–Kier alpha value is -5.70. The smallest absolute Gasteiger partial charge is 0.303 e. The molecule has 2 aliphatic rings. The molecule has 20 nitrogen and oxygen atoms in total. The van der Waals surface area contributed by atoms with Crippen LogP contribution >= 0.6 is 0 Å². The number of hydrogen-bond donors (Lipinski definition) is 0. The van der Waals surface area contributed by atoms with Crippen LogP contribution in [0, 0.1) is 0 Å². The number of nitrogens with zero attached hydrogens (tertiary/aromatic N) is 2. The van der Waals surface area contributed by atoms with Crippen LogP contribution in [0.15, 0.2) is 49.6 Å². The van der Waals surface area contributed by atoms with Gasteiger partial charge in [0, 0.05) is 67.0 Å². The topological polar surface area (TPSA) is 235 Å². The van der Waals surface area contributed by atoms with E-state index in [9.17, 15) is 38.4 Å². The number of ether oxygens (including phenoxy) is 10. The average molecular weight is 821 g/mol. The van der Waals surface area contributed by atoms with Crippen LogP contribution in [0.5, 0.6) is 0 Å². The van der Waals surface area contributed by atoms with Gasteiger partial charge in [-0.3, -0.25) is 38.4 Å². The summed E-state index contributed by atoms with van der Waals surface area (Å²) < 4.78 is 55.6. The summed E-state index contributed by atoms with van der Waals surface area (Å²) in [5.74, 6) is -6.66. The predicted octanol–water partition coefficient (Wildman–Crippen LogP) is 1.06. The van der Waals surface area contributed by atoms with Crippen molar-refractivity contribution in [1.29, 1.82) is 0 Å². The zero-order valence-corrected chi connectivity index (χ0v) is 33.3. The third-order valence-corrected chi connectivity index (χ3v) is 8.33. The lowest BCUT2D eigenvalue weighted by Gasteiger charge is -2.44. The maximum absolute atomic E-state index is 14.1. The monoisotopic (exact) mass is 820 g/mol. The molecular weight excluding hydrogens is 772 g/mol. The van der Waals surface area contributed by atoms with Gasteiger partial charge in [0.15, 0.2) is 61.4 Å². The first kappa shape index (κ1) is 46.7. The summed E-state index contributed by atoms with van der Waals surface area (Å²) >= 11 is 0. The van der Waals surface area contributed by atoms with Crippen LogP contribution in [0.1, 0.15) is 41.5 Å². The van der Waals surface area contributed by atoms with Crippen molar-refractivity contribution in [2.24, 2.45) is 0 Å². The highest BCUT2D eigenvalue weighted by Crippen LogP contribution is 2.34. The van der Waals surface area contributed by atoms with Crippen LogP contribution < -0.4 is 9.80 Å². The molecule has 58 heavy (non-hydrogen) atoms. The van der Waals surface area contributed by atoms with E-state index in [1.807, 2.05) is 0 Å². The molecule has 0 saturated carbocycles. The van der Waals surface area contributed by atoms with E-state index >= 15 is 0 Å². The number of amides is 2. The Morgan fingerprint density at radius 3 is 1.02 bits per heavy atom. The molecule has 0 bridgehead atoms. The quantitative estimate of drug-likeness (QED) is 0.129. The van der Waals surface area contributed by atoms with Gasteiger partial charge >= 0.3 is 35.8 Å². The second-order valence-corrected chi connectivity index (χ2v) is 12.8. The van der Waals surface area contributed by atoms with Gasteiger partial charge in [-0.05, 0) is 24.3 Å². The molecule has 0 aromatic heterocycles. The zero-order valence-electron chi connectivity index (χ0n) is 33.3. The van der Waals surface area contributed by atoms with Crippen molar-refractivity contribution in [3.05, 3.63) is 49.6 Å². The highest BCUT2D eigenvalue weighted by atomic mass is 16.7. The molecular formula is C38H48N2O18. The van der Waals surface area contributed by atoms with Crippen molar-refractivity contribution < 1.29 is 85.7 Å². The van der Waals surface area contributed by atoms with Crippen LogP contribution in [-0.2, 0) is 85.7 Å².